The van der Waals surface area contributed by atoms with Crippen molar-refractivity contribution in [2.45, 2.75) is 27.2 Å². The normalized spacial score (nSPS) is 10.7. The number of likely N-dealkylation sites (N-methyl/N-ethyl adjacent to an activating group) is 1. The second-order valence-electron chi connectivity index (χ2n) is 4.39. The first-order valence-electron chi connectivity index (χ1n) is 6.53. The van der Waals surface area contributed by atoms with Gasteiger partial charge in [-0.2, -0.15) is 0 Å². The van der Waals surface area contributed by atoms with Crippen molar-refractivity contribution in [3.63, 3.8) is 0 Å². The molecule has 0 atom stereocenters. The van der Waals surface area contributed by atoms with Crippen molar-refractivity contribution < 1.29 is 0 Å². The van der Waals surface area contributed by atoms with Crippen molar-refractivity contribution in [3.05, 3.63) is 35.5 Å². The fourth-order valence-electron chi connectivity index (χ4n) is 2.02. The SMILES string of the molecule is CCNCCc1c(C)nc(-c2cnccn2)nc1C. The summed E-state index contributed by atoms with van der Waals surface area (Å²) < 4.78 is 0. The lowest BCUT2D eigenvalue weighted by atomic mass is 10.1. The molecule has 5 nitrogen and oxygen atoms in total. The van der Waals surface area contributed by atoms with Gasteiger partial charge in [-0.3, -0.25) is 4.98 Å². The van der Waals surface area contributed by atoms with Crippen molar-refractivity contribution in [3.8, 4) is 11.5 Å². The summed E-state index contributed by atoms with van der Waals surface area (Å²) in [6.07, 6.45) is 5.94. The third kappa shape index (κ3) is 3.32. The van der Waals surface area contributed by atoms with Crippen molar-refractivity contribution in [2.24, 2.45) is 0 Å². The van der Waals surface area contributed by atoms with Crippen LogP contribution in [0.2, 0.25) is 0 Å². The van der Waals surface area contributed by atoms with Crippen LogP contribution in [0.1, 0.15) is 23.9 Å². The van der Waals surface area contributed by atoms with Crippen molar-refractivity contribution in [1.29, 1.82) is 0 Å². The molecule has 2 rings (SSSR count). The Morgan fingerprint density at radius 3 is 2.42 bits per heavy atom. The van der Waals surface area contributed by atoms with Gasteiger partial charge in [0.15, 0.2) is 5.82 Å². The van der Waals surface area contributed by atoms with E-state index in [-0.39, 0.29) is 0 Å². The number of hydrogen-bond donors (Lipinski definition) is 1. The molecule has 19 heavy (non-hydrogen) atoms. The van der Waals surface area contributed by atoms with Crippen LogP contribution in [0.15, 0.2) is 18.6 Å². The van der Waals surface area contributed by atoms with E-state index in [1.165, 1.54) is 5.56 Å². The van der Waals surface area contributed by atoms with Crippen LogP contribution in [-0.2, 0) is 6.42 Å². The molecule has 0 radical (unpaired) electrons. The van der Waals surface area contributed by atoms with Crippen LogP contribution < -0.4 is 5.32 Å². The van der Waals surface area contributed by atoms with E-state index in [0.29, 0.717) is 11.5 Å². The molecular formula is C14H19N5. The Morgan fingerprint density at radius 2 is 1.84 bits per heavy atom. The highest BCUT2D eigenvalue weighted by Gasteiger charge is 2.10. The van der Waals surface area contributed by atoms with E-state index in [1.54, 1.807) is 18.6 Å². The van der Waals surface area contributed by atoms with Gasteiger partial charge >= 0.3 is 0 Å². The zero-order valence-corrected chi connectivity index (χ0v) is 11.6. The van der Waals surface area contributed by atoms with E-state index in [9.17, 15) is 0 Å². The van der Waals surface area contributed by atoms with Gasteiger partial charge in [0.2, 0.25) is 0 Å². The molecule has 0 aliphatic heterocycles. The zero-order chi connectivity index (χ0) is 13.7. The molecule has 100 valence electrons. The van der Waals surface area contributed by atoms with Crippen LogP contribution in [0.5, 0.6) is 0 Å². The maximum absolute atomic E-state index is 4.54. The molecule has 0 aliphatic rings. The van der Waals surface area contributed by atoms with Crippen molar-refractivity contribution in [1.82, 2.24) is 25.3 Å². The molecule has 2 aromatic heterocycles. The summed E-state index contributed by atoms with van der Waals surface area (Å²) in [6, 6.07) is 0. The van der Waals surface area contributed by atoms with Crippen molar-refractivity contribution in [2.75, 3.05) is 13.1 Å². The Hall–Kier alpha value is -1.88. The number of nitrogens with zero attached hydrogens (tertiary/aromatic N) is 4. The lowest BCUT2D eigenvalue weighted by Crippen LogP contribution is -2.17. The lowest BCUT2D eigenvalue weighted by Gasteiger charge is -2.10. The summed E-state index contributed by atoms with van der Waals surface area (Å²) in [4.78, 5) is 17.4. The molecule has 0 saturated heterocycles. The highest BCUT2D eigenvalue weighted by Crippen LogP contribution is 2.16. The summed E-state index contributed by atoms with van der Waals surface area (Å²) in [5.41, 5.74) is 3.97. The first-order valence-corrected chi connectivity index (χ1v) is 6.53. The largest absolute Gasteiger partial charge is 0.317 e. The number of nitrogens with one attached hydrogen (secondary N) is 1. The molecule has 0 saturated carbocycles. The van der Waals surface area contributed by atoms with Gasteiger partial charge in [-0.05, 0) is 38.9 Å². The van der Waals surface area contributed by atoms with E-state index in [1.807, 2.05) is 13.8 Å². The van der Waals surface area contributed by atoms with Crippen LogP contribution in [0.25, 0.3) is 11.5 Å². The fourth-order valence-corrected chi connectivity index (χ4v) is 2.02. The number of rotatable bonds is 5. The predicted octanol–water partition coefficient (Wildman–Crippen LogP) is 1.70. The topological polar surface area (TPSA) is 63.6 Å². The number of aryl methyl sites for hydroxylation is 2. The zero-order valence-electron chi connectivity index (χ0n) is 11.6. The van der Waals surface area contributed by atoms with E-state index < -0.39 is 0 Å². The highest BCUT2D eigenvalue weighted by atomic mass is 14.9. The summed E-state index contributed by atoms with van der Waals surface area (Å²) >= 11 is 0. The molecule has 1 N–H and O–H groups in total. The van der Waals surface area contributed by atoms with Crippen LogP contribution >= 0.6 is 0 Å². The Labute approximate surface area is 113 Å². The molecule has 0 aliphatic carbocycles. The first-order chi connectivity index (χ1) is 9.22. The van der Waals surface area contributed by atoms with E-state index >= 15 is 0 Å². The lowest BCUT2D eigenvalue weighted by molar-refractivity contribution is 0.708. The number of hydrogen-bond acceptors (Lipinski definition) is 5. The summed E-state index contributed by atoms with van der Waals surface area (Å²) in [5.74, 6) is 0.648. The Morgan fingerprint density at radius 1 is 1.11 bits per heavy atom. The molecule has 0 amide bonds. The molecule has 0 spiro atoms. The Kier molecular flexibility index (Phi) is 4.52. The second kappa shape index (κ2) is 6.33. The summed E-state index contributed by atoms with van der Waals surface area (Å²) in [5, 5.41) is 3.32. The average Bonchev–Trinajstić information content (AvgIpc) is 2.43. The minimum atomic E-state index is 0.648. The van der Waals surface area contributed by atoms with Crippen LogP contribution in [0.4, 0.5) is 0 Å². The maximum Gasteiger partial charge on any atom is 0.180 e. The number of aromatic nitrogens is 4. The first kappa shape index (κ1) is 13.5. The van der Waals surface area contributed by atoms with Gasteiger partial charge in [0.25, 0.3) is 0 Å². The van der Waals surface area contributed by atoms with Crippen LogP contribution in [-0.4, -0.2) is 33.0 Å². The Balaban J connectivity index is 2.26. The molecule has 2 heterocycles. The van der Waals surface area contributed by atoms with Gasteiger partial charge in [0.05, 0.1) is 6.20 Å². The van der Waals surface area contributed by atoms with E-state index in [0.717, 1.165) is 30.9 Å². The third-order valence-electron chi connectivity index (χ3n) is 3.01. The monoisotopic (exact) mass is 257 g/mol. The molecule has 0 fully saturated rings. The average molecular weight is 257 g/mol. The van der Waals surface area contributed by atoms with Gasteiger partial charge in [0, 0.05) is 23.8 Å². The van der Waals surface area contributed by atoms with Crippen LogP contribution in [0, 0.1) is 13.8 Å². The highest BCUT2D eigenvalue weighted by molar-refractivity contribution is 5.48. The quantitative estimate of drug-likeness (QED) is 0.826. The third-order valence-corrected chi connectivity index (χ3v) is 3.01. The molecule has 0 bridgehead atoms. The Bertz CT molecular complexity index is 516. The smallest absolute Gasteiger partial charge is 0.180 e. The maximum atomic E-state index is 4.54. The van der Waals surface area contributed by atoms with Gasteiger partial charge < -0.3 is 5.32 Å². The molecule has 2 aromatic rings. The second-order valence-corrected chi connectivity index (χ2v) is 4.39. The van der Waals surface area contributed by atoms with E-state index in [4.69, 9.17) is 0 Å². The fraction of sp³-hybridized carbons (Fsp3) is 0.429. The molecular weight excluding hydrogens is 238 g/mol. The van der Waals surface area contributed by atoms with Crippen LogP contribution in [0.3, 0.4) is 0 Å². The van der Waals surface area contributed by atoms with E-state index in [2.05, 4.69) is 32.2 Å². The van der Waals surface area contributed by atoms with Gasteiger partial charge in [-0.25, -0.2) is 15.0 Å². The van der Waals surface area contributed by atoms with Gasteiger partial charge in [0.1, 0.15) is 5.69 Å². The minimum Gasteiger partial charge on any atom is -0.317 e. The molecule has 0 aromatic carbocycles. The minimum absolute atomic E-state index is 0.648. The van der Waals surface area contributed by atoms with Crippen molar-refractivity contribution >= 4 is 0 Å². The molecule has 0 unspecified atom stereocenters. The standard InChI is InChI=1S/C14H19N5/c1-4-15-6-5-12-10(2)18-14(19-11(12)3)13-9-16-7-8-17-13/h7-9,15H,4-6H2,1-3H3. The predicted molar refractivity (Wildman–Crippen MR) is 74.8 cm³/mol. The summed E-state index contributed by atoms with van der Waals surface area (Å²) in [6.45, 7) is 8.09. The van der Waals surface area contributed by atoms with Gasteiger partial charge in [-0.15, -0.1) is 0 Å². The molecule has 5 heteroatoms. The summed E-state index contributed by atoms with van der Waals surface area (Å²) in [7, 11) is 0. The van der Waals surface area contributed by atoms with Gasteiger partial charge in [-0.1, -0.05) is 6.92 Å².